The highest BCUT2D eigenvalue weighted by molar-refractivity contribution is 5.84. The summed E-state index contributed by atoms with van der Waals surface area (Å²) in [7, 11) is 1.60. The van der Waals surface area contributed by atoms with Gasteiger partial charge in [0.15, 0.2) is 0 Å². The highest BCUT2D eigenvalue weighted by Gasteiger charge is 2.13. The Morgan fingerprint density at radius 1 is 1.56 bits per heavy atom. The highest BCUT2D eigenvalue weighted by Crippen LogP contribution is 2.25. The first-order chi connectivity index (χ1) is 8.58. The summed E-state index contributed by atoms with van der Waals surface area (Å²) >= 11 is 0. The molecule has 4 heteroatoms. The number of aryl methyl sites for hydroxylation is 1. The Morgan fingerprint density at radius 3 is 2.89 bits per heavy atom. The number of benzene rings is 1. The predicted molar refractivity (Wildman–Crippen MR) is 72.7 cm³/mol. The molecule has 0 aliphatic carbocycles. The van der Waals surface area contributed by atoms with Crippen LogP contribution in [-0.4, -0.2) is 25.6 Å². The molecular weight excluding hydrogens is 228 g/mol. The van der Waals surface area contributed by atoms with Crippen LogP contribution in [-0.2, 0) is 4.79 Å². The van der Waals surface area contributed by atoms with Crippen LogP contribution in [0.25, 0.3) is 0 Å². The zero-order chi connectivity index (χ0) is 13.5. The maximum Gasteiger partial charge on any atom is 0.242 e. The van der Waals surface area contributed by atoms with E-state index in [-0.39, 0.29) is 18.5 Å². The fraction of sp³-hybridized carbons (Fsp3) is 0.357. The number of nitrogens with one attached hydrogen (secondary N) is 2. The van der Waals surface area contributed by atoms with Crippen LogP contribution in [0.5, 0.6) is 5.75 Å². The molecular formula is C14H18N2O2. The average molecular weight is 246 g/mol. The zero-order valence-corrected chi connectivity index (χ0v) is 10.9. The van der Waals surface area contributed by atoms with Crippen molar-refractivity contribution in [3.05, 3.63) is 23.8 Å². The van der Waals surface area contributed by atoms with Crippen LogP contribution < -0.4 is 15.4 Å². The molecule has 1 aromatic carbocycles. The average Bonchev–Trinajstić information content (AvgIpc) is 2.36. The van der Waals surface area contributed by atoms with E-state index in [1.165, 1.54) is 0 Å². The van der Waals surface area contributed by atoms with Crippen LogP contribution in [0.4, 0.5) is 5.69 Å². The molecule has 1 aromatic rings. The van der Waals surface area contributed by atoms with Crippen LogP contribution >= 0.6 is 0 Å². The fourth-order valence-corrected chi connectivity index (χ4v) is 1.52. The summed E-state index contributed by atoms with van der Waals surface area (Å²) in [6, 6.07) is 5.37. The number of rotatable bonds is 5. The van der Waals surface area contributed by atoms with E-state index in [0.717, 1.165) is 11.3 Å². The second-order valence-corrected chi connectivity index (χ2v) is 3.99. The van der Waals surface area contributed by atoms with Gasteiger partial charge in [-0.15, -0.1) is 6.42 Å². The fourth-order valence-electron chi connectivity index (χ4n) is 1.52. The van der Waals surface area contributed by atoms with Crippen LogP contribution in [0, 0.1) is 19.3 Å². The summed E-state index contributed by atoms with van der Waals surface area (Å²) < 4.78 is 5.24. The smallest absolute Gasteiger partial charge is 0.242 e. The molecule has 0 radical (unpaired) electrons. The van der Waals surface area contributed by atoms with E-state index in [1.807, 2.05) is 25.1 Å². The largest absolute Gasteiger partial charge is 0.495 e. The van der Waals surface area contributed by atoms with Crippen molar-refractivity contribution < 1.29 is 9.53 Å². The van der Waals surface area contributed by atoms with Gasteiger partial charge in [0.05, 0.1) is 19.3 Å². The number of ether oxygens (including phenoxy) is 1. The summed E-state index contributed by atoms with van der Waals surface area (Å²) in [5, 5.41) is 5.73. The van der Waals surface area contributed by atoms with Gasteiger partial charge in [-0.3, -0.25) is 4.79 Å². The first-order valence-electron chi connectivity index (χ1n) is 5.71. The molecule has 0 aliphatic heterocycles. The van der Waals surface area contributed by atoms with Gasteiger partial charge < -0.3 is 15.4 Å². The highest BCUT2D eigenvalue weighted by atomic mass is 16.5. The summed E-state index contributed by atoms with van der Waals surface area (Å²) in [6.45, 7) is 3.98. The van der Waals surface area contributed by atoms with Gasteiger partial charge in [0.2, 0.25) is 5.91 Å². The standard InChI is InChI=1S/C14H18N2O2/c1-5-8-15-14(17)11(3)16-12-9-10(2)6-7-13(12)18-4/h1,6-7,9,11,16H,8H2,2-4H3,(H,15,17). The summed E-state index contributed by atoms with van der Waals surface area (Å²) in [4.78, 5) is 11.7. The number of methoxy groups -OCH3 is 1. The lowest BCUT2D eigenvalue weighted by molar-refractivity contribution is -0.121. The minimum absolute atomic E-state index is 0.142. The van der Waals surface area contributed by atoms with E-state index in [0.29, 0.717) is 5.75 Å². The van der Waals surface area contributed by atoms with Crippen LogP contribution in [0.3, 0.4) is 0 Å². The molecule has 0 bridgehead atoms. The van der Waals surface area contributed by atoms with E-state index in [1.54, 1.807) is 14.0 Å². The normalized spacial score (nSPS) is 11.2. The SMILES string of the molecule is C#CCNC(=O)C(C)Nc1cc(C)ccc1OC. The number of carbonyl (C=O) groups is 1. The van der Waals surface area contributed by atoms with Gasteiger partial charge in [-0.05, 0) is 31.5 Å². The number of carbonyl (C=O) groups excluding carboxylic acids is 1. The molecule has 0 fully saturated rings. The van der Waals surface area contributed by atoms with Gasteiger partial charge in [-0.25, -0.2) is 0 Å². The van der Waals surface area contributed by atoms with Crippen molar-refractivity contribution in [3.8, 4) is 18.1 Å². The molecule has 1 amide bonds. The Balaban J connectivity index is 2.75. The van der Waals surface area contributed by atoms with E-state index in [2.05, 4.69) is 16.6 Å². The van der Waals surface area contributed by atoms with Crippen molar-refractivity contribution in [2.75, 3.05) is 19.0 Å². The second-order valence-electron chi connectivity index (χ2n) is 3.99. The quantitative estimate of drug-likeness (QED) is 0.775. The van der Waals surface area contributed by atoms with Crippen LogP contribution in [0.15, 0.2) is 18.2 Å². The molecule has 0 aliphatic rings. The topological polar surface area (TPSA) is 50.4 Å². The molecule has 96 valence electrons. The molecule has 1 unspecified atom stereocenters. The van der Waals surface area contributed by atoms with E-state index >= 15 is 0 Å². The van der Waals surface area contributed by atoms with Gasteiger partial charge in [-0.2, -0.15) is 0 Å². The molecule has 1 rings (SSSR count). The Labute approximate surface area is 108 Å². The van der Waals surface area contributed by atoms with Crippen molar-refractivity contribution in [1.82, 2.24) is 5.32 Å². The molecule has 2 N–H and O–H groups in total. The molecule has 18 heavy (non-hydrogen) atoms. The van der Waals surface area contributed by atoms with Crippen LogP contribution in [0.2, 0.25) is 0 Å². The molecule has 0 spiro atoms. The minimum Gasteiger partial charge on any atom is -0.495 e. The van der Waals surface area contributed by atoms with Crippen LogP contribution in [0.1, 0.15) is 12.5 Å². The number of hydrogen-bond acceptors (Lipinski definition) is 3. The number of hydrogen-bond donors (Lipinski definition) is 2. The Hall–Kier alpha value is -2.15. The third-order valence-corrected chi connectivity index (χ3v) is 2.48. The maximum absolute atomic E-state index is 11.7. The van der Waals surface area contributed by atoms with Crippen molar-refractivity contribution in [3.63, 3.8) is 0 Å². The summed E-state index contributed by atoms with van der Waals surface area (Å²) in [5.74, 6) is 2.93. The second kappa shape index (κ2) is 6.55. The number of amides is 1. The van der Waals surface area contributed by atoms with Gasteiger partial charge >= 0.3 is 0 Å². The molecule has 0 aromatic heterocycles. The number of terminal acetylenes is 1. The first kappa shape index (κ1) is 13.9. The minimum atomic E-state index is -0.381. The Bertz CT molecular complexity index is 463. The maximum atomic E-state index is 11.7. The van der Waals surface area contributed by atoms with Gasteiger partial charge in [-0.1, -0.05) is 12.0 Å². The lowest BCUT2D eigenvalue weighted by atomic mass is 10.2. The lowest BCUT2D eigenvalue weighted by Gasteiger charge is -2.17. The van der Waals surface area contributed by atoms with Crippen molar-refractivity contribution in [2.45, 2.75) is 19.9 Å². The van der Waals surface area contributed by atoms with Crippen molar-refractivity contribution in [2.24, 2.45) is 0 Å². The lowest BCUT2D eigenvalue weighted by Crippen LogP contribution is -2.37. The molecule has 0 heterocycles. The summed E-state index contributed by atoms with van der Waals surface area (Å²) in [5.41, 5.74) is 1.88. The van der Waals surface area contributed by atoms with Crippen molar-refractivity contribution in [1.29, 1.82) is 0 Å². The predicted octanol–water partition coefficient (Wildman–Crippen LogP) is 1.55. The molecule has 1 atom stereocenters. The molecule has 0 saturated heterocycles. The van der Waals surface area contributed by atoms with E-state index in [9.17, 15) is 4.79 Å². The number of anilines is 1. The molecule has 4 nitrogen and oxygen atoms in total. The van der Waals surface area contributed by atoms with Crippen molar-refractivity contribution >= 4 is 11.6 Å². The zero-order valence-electron chi connectivity index (χ0n) is 10.9. The molecule has 0 saturated carbocycles. The van der Waals surface area contributed by atoms with Gasteiger partial charge in [0.25, 0.3) is 0 Å². The first-order valence-corrected chi connectivity index (χ1v) is 5.71. The monoisotopic (exact) mass is 246 g/mol. The third-order valence-electron chi connectivity index (χ3n) is 2.48. The van der Waals surface area contributed by atoms with Gasteiger partial charge in [0.1, 0.15) is 11.8 Å². The van der Waals surface area contributed by atoms with E-state index in [4.69, 9.17) is 11.2 Å². The Kier molecular flexibility index (Phi) is 5.06. The summed E-state index contributed by atoms with van der Waals surface area (Å²) in [6.07, 6.45) is 5.09. The Morgan fingerprint density at radius 2 is 2.28 bits per heavy atom. The third kappa shape index (κ3) is 3.70. The van der Waals surface area contributed by atoms with E-state index < -0.39 is 0 Å². The van der Waals surface area contributed by atoms with Gasteiger partial charge in [0, 0.05) is 0 Å².